The number of halogens is 1. The third-order valence-corrected chi connectivity index (χ3v) is 1.51. The zero-order chi connectivity index (χ0) is 11.7. The van der Waals surface area contributed by atoms with E-state index in [1.807, 2.05) is 20.8 Å². The average Bonchev–Trinajstić information content (AvgIpc) is 2.08. The van der Waals surface area contributed by atoms with E-state index in [1.54, 1.807) is 0 Å². The van der Waals surface area contributed by atoms with Crippen LogP contribution in [0.5, 0.6) is 0 Å². The molecule has 0 aromatic carbocycles. The fourth-order valence-electron chi connectivity index (χ4n) is 0.835. The molecule has 4 nitrogen and oxygen atoms in total. The number of ether oxygens (including phenoxy) is 2. The van der Waals surface area contributed by atoms with Crippen molar-refractivity contribution in [3.63, 3.8) is 0 Å². The Kier molecular flexibility index (Phi) is 7.52. The van der Waals surface area contributed by atoms with Crippen LogP contribution in [-0.4, -0.2) is 37.3 Å². The van der Waals surface area contributed by atoms with Crippen LogP contribution in [-0.2, 0) is 9.47 Å². The Labute approximate surface area is 96.3 Å². The number of carbonyl (C=O) groups excluding carboxylic acids is 1. The fourth-order valence-corrected chi connectivity index (χ4v) is 0.945. The van der Waals surface area contributed by atoms with Crippen LogP contribution in [0.15, 0.2) is 0 Å². The third-order valence-electron chi connectivity index (χ3n) is 1.36. The average molecular weight is 238 g/mol. The lowest BCUT2D eigenvalue weighted by Crippen LogP contribution is -2.33. The second kappa shape index (κ2) is 7.77. The highest BCUT2D eigenvalue weighted by Crippen LogP contribution is 2.06. The van der Waals surface area contributed by atoms with Crippen molar-refractivity contribution in [2.45, 2.75) is 32.8 Å². The molecule has 0 fully saturated rings. The van der Waals surface area contributed by atoms with Gasteiger partial charge in [-0.2, -0.15) is 0 Å². The van der Waals surface area contributed by atoms with E-state index in [0.717, 1.165) is 6.42 Å². The van der Waals surface area contributed by atoms with E-state index in [2.05, 4.69) is 5.32 Å². The van der Waals surface area contributed by atoms with Gasteiger partial charge in [0.2, 0.25) is 0 Å². The summed E-state index contributed by atoms with van der Waals surface area (Å²) in [5.41, 5.74) is -0.445. The molecule has 0 rings (SSSR count). The van der Waals surface area contributed by atoms with Crippen LogP contribution in [0, 0.1) is 0 Å². The minimum absolute atomic E-state index is 0.389. The van der Waals surface area contributed by atoms with Gasteiger partial charge in [-0.3, -0.25) is 0 Å². The molecule has 0 radical (unpaired) electrons. The molecule has 0 aromatic rings. The molecule has 0 atom stereocenters. The Balaban J connectivity index is 3.32. The predicted octanol–water partition coefficient (Wildman–Crippen LogP) is 2.16. The molecule has 0 heterocycles. The van der Waals surface area contributed by atoms with E-state index in [4.69, 9.17) is 21.1 Å². The Morgan fingerprint density at radius 1 is 1.33 bits per heavy atom. The van der Waals surface area contributed by atoms with E-state index in [9.17, 15) is 4.79 Å². The SMILES string of the molecule is CC(C)(C)OC(=O)NCCCOCCCl. The van der Waals surface area contributed by atoms with Gasteiger partial charge in [-0.15, -0.1) is 11.6 Å². The van der Waals surface area contributed by atoms with Gasteiger partial charge >= 0.3 is 6.09 Å². The number of alkyl carbamates (subject to hydrolysis) is 1. The van der Waals surface area contributed by atoms with E-state index < -0.39 is 5.60 Å². The molecular weight excluding hydrogens is 218 g/mol. The quantitative estimate of drug-likeness (QED) is 0.569. The zero-order valence-electron chi connectivity index (χ0n) is 9.64. The highest BCUT2D eigenvalue weighted by atomic mass is 35.5. The van der Waals surface area contributed by atoms with Crippen molar-refractivity contribution in [1.82, 2.24) is 5.32 Å². The molecule has 0 aromatic heterocycles. The van der Waals surface area contributed by atoms with Crippen LogP contribution in [0.1, 0.15) is 27.2 Å². The molecular formula is C10H20ClNO3. The number of amides is 1. The van der Waals surface area contributed by atoms with E-state index >= 15 is 0 Å². The maximum atomic E-state index is 11.2. The fraction of sp³-hybridized carbons (Fsp3) is 0.900. The molecule has 1 amide bonds. The van der Waals surface area contributed by atoms with Crippen molar-refractivity contribution in [1.29, 1.82) is 0 Å². The number of nitrogens with one attached hydrogen (secondary N) is 1. The van der Waals surface area contributed by atoms with Crippen LogP contribution < -0.4 is 5.32 Å². The maximum Gasteiger partial charge on any atom is 0.407 e. The van der Waals surface area contributed by atoms with Crippen molar-refractivity contribution in [3.05, 3.63) is 0 Å². The van der Waals surface area contributed by atoms with Crippen molar-refractivity contribution in [2.75, 3.05) is 25.6 Å². The van der Waals surface area contributed by atoms with Crippen LogP contribution in [0.2, 0.25) is 0 Å². The molecule has 0 saturated heterocycles. The number of hydrogen-bond donors (Lipinski definition) is 1. The lowest BCUT2D eigenvalue weighted by Gasteiger charge is -2.19. The number of rotatable bonds is 6. The summed E-state index contributed by atoms with van der Waals surface area (Å²) in [5, 5.41) is 2.64. The first-order valence-corrected chi connectivity index (χ1v) is 5.60. The van der Waals surface area contributed by atoms with Crippen molar-refractivity contribution in [3.8, 4) is 0 Å². The minimum atomic E-state index is -0.445. The summed E-state index contributed by atoms with van der Waals surface area (Å²) in [6.07, 6.45) is 0.371. The summed E-state index contributed by atoms with van der Waals surface area (Å²) in [5.74, 6) is 0.499. The maximum absolute atomic E-state index is 11.2. The third kappa shape index (κ3) is 11.4. The molecule has 90 valence electrons. The summed E-state index contributed by atoms with van der Waals surface area (Å²) in [6.45, 7) is 7.19. The van der Waals surface area contributed by atoms with Gasteiger partial charge in [0.15, 0.2) is 0 Å². The first-order valence-electron chi connectivity index (χ1n) is 5.06. The summed E-state index contributed by atoms with van der Waals surface area (Å²) in [6, 6.07) is 0. The second-order valence-electron chi connectivity index (χ2n) is 4.08. The highest BCUT2D eigenvalue weighted by Gasteiger charge is 2.15. The molecule has 0 spiro atoms. The Bertz CT molecular complexity index is 180. The summed E-state index contributed by atoms with van der Waals surface area (Å²) in [7, 11) is 0. The van der Waals surface area contributed by atoms with Crippen molar-refractivity contribution >= 4 is 17.7 Å². The zero-order valence-corrected chi connectivity index (χ0v) is 10.4. The molecule has 0 aliphatic carbocycles. The van der Waals surface area contributed by atoms with Gasteiger partial charge < -0.3 is 14.8 Å². The number of carbonyl (C=O) groups is 1. The van der Waals surface area contributed by atoms with Crippen LogP contribution in [0.3, 0.4) is 0 Å². The topological polar surface area (TPSA) is 47.6 Å². The van der Waals surface area contributed by atoms with E-state index in [1.165, 1.54) is 0 Å². The monoisotopic (exact) mass is 237 g/mol. The van der Waals surface area contributed by atoms with Crippen LogP contribution in [0.25, 0.3) is 0 Å². The van der Waals surface area contributed by atoms with Gasteiger partial charge in [0.1, 0.15) is 5.60 Å². The van der Waals surface area contributed by atoms with Gasteiger partial charge in [-0.25, -0.2) is 4.79 Å². The van der Waals surface area contributed by atoms with Gasteiger partial charge in [0, 0.05) is 19.0 Å². The van der Waals surface area contributed by atoms with Crippen molar-refractivity contribution < 1.29 is 14.3 Å². The Hall–Kier alpha value is -0.480. The Morgan fingerprint density at radius 2 is 2.00 bits per heavy atom. The van der Waals surface area contributed by atoms with Crippen LogP contribution in [0.4, 0.5) is 4.79 Å². The van der Waals surface area contributed by atoms with E-state index in [-0.39, 0.29) is 6.09 Å². The molecule has 0 aliphatic rings. The van der Waals surface area contributed by atoms with Gasteiger partial charge in [-0.05, 0) is 27.2 Å². The van der Waals surface area contributed by atoms with Gasteiger partial charge in [-0.1, -0.05) is 0 Å². The Morgan fingerprint density at radius 3 is 2.53 bits per heavy atom. The largest absolute Gasteiger partial charge is 0.444 e. The molecule has 0 saturated carbocycles. The highest BCUT2D eigenvalue weighted by molar-refractivity contribution is 6.17. The lowest BCUT2D eigenvalue weighted by molar-refractivity contribution is 0.0521. The second-order valence-corrected chi connectivity index (χ2v) is 4.46. The molecule has 5 heteroatoms. The van der Waals surface area contributed by atoms with E-state index in [0.29, 0.717) is 25.6 Å². The van der Waals surface area contributed by atoms with Crippen LogP contribution >= 0.6 is 11.6 Å². The van der Waals surface area contributed by atoms with Crippen molar-refractivity contribution in [2.24, 2.45) is 0 Å². The standard InChI is InChI=1S/C10H20ClNO3/c1-10(2,3)15-9(13)12-6-4-7-14-8-5-11/h4-8H2,1-3H3,(H,12,13). The normalized spacial score (nSPS) is 11.2. The number of alkyl halides is 1. The first-order chi connectivity index (χ1) is 6.95. The number of hydrogen-bond acceptors (Lipinski definition) is 3. The molecule has 0 bridgehead atoms. The summed E-state index contributed by atoms with van der Waals surface area (Å²) >= 11 is 5.42. The summed E-state index contributed by atoms with van der Waals surface area (Å²) < 4.78 is 10.2. The first kappa shape index (κ1) is 14.5. The predicted molar refractivity (Wildman–Crippen MR) is 60.4 cm³/mol. The minimum Gasteiger partial charge on any atom is -0.444 e. The smallest absolute Gasteiger partial charge is 0.407 e. The molecule has 0 unspecified atom stereocenters. The molecule has 0 aliphatic heterocycles. The van der Waals surface area contributed by atoms with Gasteiger partial charge in [0.25, 0.3) is 0 Å². The lowest BCUT2D eigenvalue weighted by atomic mass is 10.2. The molecule has 15 heavy (non-hydrogen) atoms. The molecule has 1 N–H and O–H groups in total. The summed E-state index contributed by atoms with van der Waals surface area (Å²) in [4.78, 5) is 11.2. The van der Waals surface area contributed by atoms with Gasteiger partial charge in [0.05, 0.1) is 6.61 Å².